The average Bonchev–Trinajstić information content (AvgIpc) is 2.69. The van der Waals surface area contributed by atoms with Gasteiger partial charge in [-0.25, -0.2) is 4.98 Å². The zero-order chi connectivity index (χ0) is 18.2. The number of rotatable bonds is 7. The number of hydrogen-bond donors (Lipinski definition) is 1. The van der Waals surface area contributed by atoms with Crippen LogP contribution in [-0.4, -0.2) is 49.5 Å². The predicted molar refractivity (Wildman–Crippen MR) is 107 cm³/mol. The fourth-order valence-corrected chi connectivity index (χ4v) is 3.63. The van der Waals surface area contributed by atoms with Gasteiger partial charge in [0.15, 0.2) is 0 Å². The molecule has 1 amide bonds. The number of pyridine rings is 1. The molecule has 1 saturated heterocycles. The van der Waals surface area contributed by atoms with Gasteiger partial charge in [0.1, 0.15) is 5.82 Å². The summed E-state index contributed by atoms with van der Waals surface area (Å²) in [6, 6.07) is 12.2. The van der Waals surface area contributed by atoms with E-state index in [0.717, 1.165) is 30.4 Å². The van der Waals surface area contributed by atoms with Gasteiger partial charge in [-0.3, -0.25) is 4.79 Å². The molecule has 26 heavy (non-hydrogen) atoms. The number of morpholine rings is 1. The van der Waals surface area contributed by atoms with E-state index in [2.05, 4.69) is 46.4 Å². The molecule has 0 bridgehead atoms. The molecule has 5 nitrogen and oxygen atoms in total. The fraction of sp³-hybridized carbons (Fsp3) is 0.400. The highest BCUT2D eigenvalue weighted by Gasteiger charge is 2.19. The maximum Gasteiger partial charge on any atom is 0.255 e. The molecule has 1 fully saturated rings. The van der Waals surface area contributed by atoms with Gasteiger partial charge in [-0.1, -0.05) is 29.8 Å². The Morgan fingerprint density at radius 2 is 2.00 bits per heavy atom. The highest BCUT2D eigenvalue weighted by molar-refractivity contribution is 7.98. The number of carbonyl (C=O) groups is 1. The molecule has 1 aliphatic rings. The quantitative estimate of drug-likeness (QED) is 0.759. The maximum atomic E-state index is 12.6. The molecule has 0 atom stereocenters. The van der Waals surface area contributed by atoms with Gasteiger partial charge in [0, 0.05) is 37.3 Å². The summed E-state index contributed by atoms with van der Waals surface area (Å²) in [6.45, 7) is 5.62. The summed E-state index contributed by atoms with van der Waals surface area (Å²) in [4.78, 5) is 19.1. The van der Waals surface area contributed by atoms with E-state index in [4.69, 9.17) is 4.74 Å². The lowest BCUT2D eigenvalue weighted by molar-refractivity contribution is 0.0954. The van der Waals surface area contributed by atoms with E-state index in [0.29, 0.717) is 25.3 Å². The van der Waals surface area contributed by atoms with Crippen LogP contribution < -0.4 is 10.2 Å². The minimum atomic E-state index is -0.0597. The van der Waals surface area contributed by atoms with Gasteiger partial charge in [-0.05, 0) is 24.6 Å². The second kappa shape index (κ2) is 9.59. The third kappa shape index (κ3) is 5.22. The molecule has 0 saturated carbocycles. The second-order valence-corrected chi connectivity index (χ2v) is 7.37. The first-order valence-electron chi connectivity index (χ1n) is 8.93. The van der Waals surface area contributed by atoms with Crippen molar-refractivity contribution < 1.29 is 9.53 Å². The van der Waals surface area contributed by atoms with E-state index >= 15 is 0 Å². The predicted octanol–water partition coefficient (Wildman–Crippen LogP) is 2.89. The lowest BCUT2D eigenvalue weighted by atomic mass is 10.2. The molecule has 1 aromatic heterocycles. The van der Waals surface area contributed by atoms with E-state index in [1.165, 1.54) is 11.1 Å². The lowest BCUT2D eigenvalue weighted by Gasteiger charge is -2.29. The molecular formula is C20H25N3O2S. The number of aryl methyl sites for hydroxylation is 1. The Kier molecular flexibility index (Phi) is 6.91. The van der Waals surface area contributed by atoms with Crippen LogP contribution in [0.15, 0.2) is 42.6 Å². The van der Waals surface area contributed by atoms with Crippen LogP contribution in [0.5, 0.6) is 0 Å². The molecule has 6 heteroatoms. The largest absolute Gasteiger partial charge is 0.378 e. The van der Waals surface area contributed by atoms with E-state index in [1.54, 1.807) is 6.20 Å². The smallest absolute Gasteiger partial charge is 0.255 e. The molecule has 138 valence electrons. The monoisotopic (exact) mass is 371 g/mol. The Labute approximate surface area is 159 Å². The van der Waals surface area contributed by atoms with Gasteiger partial charge in [-0.15, -0.1) is 0 Å². The Morgan fingerprint density at radius 3 is 2.77 bits per heavy atom. The van der Waals surface area contributed by atoms with Crippen molar-refractivity contribution in [2.45, 2.75) is 12.7 Å². The fourth-order valence-electron chi connectivity index (χ4n) is 2.81. The summed E-state index contributed by atoms with van der Waals surface area (Å²) < 4.78 is 5.38. The molecule has 1 aromatic carbocycles. The number of hydrogen-bond acceptors (Lipinski definition) is 5. The number of benzene rings is 1. The van der Waals surface area contributed by atoms with E-state index in [1.807, 2.05) is 23.9 Å². The van der Waals surface area contributed by atoms with Crippen molar-refractivity contribution in [2.75, 3.05) is 43.5 Å². The van der Waals surface area contributed by atoms with Gasteiger partial charge in [0.05, 0.1) is 18.8 Å². The molecule has 1 aliphatic heterocycles. The molecule has 0 radical (unpaired) electrons. The van der Waals surface area contributed by atoms with Crippen LogP contribution in [0.1, 0.15) is 21.5 Å². The molecule has 0 aliphatic carbocycles. The number of aromatic nitrogens is 1. The highest BCUT2D eigenvalue weighted by atomic mass is 32.2. The Morgan fingerprint density at radius 1 is 1.23 bits per heavy atom. The molecule has 2 heterocycles. The average molecular weight is 372 g/mol. The van der Waals surface area contributed by atoms with Crippen LogP contribution in [0.3, 0.4) is 0 Å². The minimum absolute atomic E-state index is 0.0597. The van der Waals surface area contributed by atoms with Crippen molar-refractivity contribution in [1.82, 2.24) is 10.3 Å². The summed E-state index contributed by atoms with van der Waals surface area (Å²) in [5, 5.41) is 3.02. The normalized spacial score (nSPS) is 14.3. The molecule has 1 N–H and O–H groups in total. The summed E-state index contributed by atoms with van der Waals surface area (Å²) in [7, 11) is 0. The Balaban J connectivity index is 1.47. The molecule has 0 unspecified atom stereocenters. The standard InChI is InChI=1S/C20H25N3O2S/c1-16-4-6-17(7-5-16)15-26-14-9-22-20(24)18-3-2-8-21-19(18)23-10-12-25-13-11-23/h2-8H,9-15H2,1H3,(H,22,24). The first kappa shape index (κ1) is 18.7. The summed E-state index contributed by atoms with van der Waals surface area (Å²) in [5.41, 5.74) is 3.23. The first-order valence-corrected chi connectivity index (χ1v) is 10.1. The third-order valence-corrected chi connectivity index (χ3v) is 5.29. The number of nitrogens with zero attached hydrogens (tertiary/aromatic N) is 2. The van der Waals surface area contributed by atoms with Crippen LogP contribution >= 0.6 is 11.8 Å². The first-order chi connectivity index (χ1) is 12.7. The highest BCUT2D eigenvalue weighted by Crippen LogP contribution is 2.18. The topological polar surface area (TPSA) is 54.5 Å². The van der Waals surface area contributed by atoms with E-state index in [-0.39, 0.29) is 5.91 Å². The van der Waals surface area contributed by atoms with Gasteiger partial charge in [0.25, 0.3) is 5.91 Å². The van der Waals surface area contributed by atoms with Crippen molar-refractivity contribution in [3.05, 3.63) is 59.3 Å². The zero-order valence-electron chi connectivity index (χ0n) is 15.1. The summed E-state index contributed by atoms with van der Waals surface area (Å²) >= 11 is 1.82. The van der Waals surface area contributed by atoms with Gasteiger partial charge in [-0.2, -0.15) is 11.8 Å². The van der Waals surface area contributed by atoms with Crippen molar-refractivity contribution in [1.29, 1.82) is 0 Å². The van der Waals surface area contributed by atoms with E-state index in [9.17, 15) is 4.79 Å². The molecule has 3 rings (SSSR count). The Hall–Kier alpha value is -2.05. The minimum Gasteiger partial charge on any atom is -0.378 e. The summed E-state index contributed by atoms with van der Waals surface area (Å²) in [5.74, 6) is 2.53. The molecular weight excluding hydrogens is 346 g/mol. The number of anilines is 1. The number of thioether (sulfide) groups is 1. The third-order valence-electron chi connectivity index (χ3n) is 4.26. The maximum absolute atomic E-state index is 12.6. The van der Waals surface area contributed by atoms with Gasteiger partial charge in [0.2, 0.25) is 0 Å². The number of carbonyl (C=O) groups excluding carboxylic acids is 1. The van der Waals surface area contributed by atoms with Gasteiger partial charge < -0.3 is 15.0 Å². The number of ether oxygens (including phenoxy) is 1. The second-order valence-electron chi connectivity index (χ2n) is 6.27. The van der Waals surface area contributed by atoms with Crippen molar-refractivity contribution in [3.8, 4) is 0 Å². The van der Waals surface area contributed by atoms with Crippen molar-refractivity contribution in [2.24, 2.45) is 0 Å². The number of amides is 1. The van der Waals surface area contributed by atoms with E-state index < -0.39 is 0 Å². The number of nitrogens with one attached hydrogen (secondary N) is 1. The zero-order valence-corrected chi connectivity index (χ0v) is 15.9. The molecule has 0 spiro atoms. The SMILES string of the molecule is Cc1ccc(CSCCNC(=O)c2cccnc2N2CCOCC2)cc1. The van der Waals surface area contributed by atoms with Gasteiger partial charge >= 0.3 is 0 Å². The Bertz CT molecular complexity index is 715. The lowest BCUT2D eigenvalue weighted by Crippen LogP contribution is -2.38. The van der Waals surface area contributed by atoms with Crippen LogP contribution in [0.2, 0.25) is 0 Å². The van der Waals surface area contributed by atoms with Crippen molar-refractivity contribution >= 4 is 23.5 Å². The summed E-state index contributed by atoms with van der Waals surface area (Å²) in [6.07, 6.45) is 1.74. The van der Waals surface area contributed by atoms with Crippen LogP contribution in [0.25, 0.3) is 0 Å². The van der Waals surface area contributed by atoms with Crippen LogP contribution in [0, 0.1) is 6.92 Å². The van der Waals surface area contributed by atoms with Crippen LogP contribution in [0.4, 0.5) is 5.82 Å². The van der Waals surface area contributed by atoms with Crippen LogP contribution in [-0.2, 0) is 10.5 Å². The molecule has 2 aromatic rings. The van der Waals surface area contributed by atoms with Crippen molar-refractivity contribution in [3.63, 3.8) is 0 Å².